The summed E-state index contributed by atoms with van der Waals surface area (Å²) in [4.78, 5) is 17.0. The minimum absolute atomic E-state index is 0.148. The van der Waals surface area contributed by atoms with Gasteiger partial charge in [-0.15, -0.1) is 0 Å². The first kappa shape index (κ1) is 16.4. The molecule has 2 aliphatic rings. The van der Waals surface area contributed by atoms with Crippen LogP contribution in [-0.4, -0.2) is 43.2 Å². The number of anilines is 1. The second kappa shape index (κ2) is 7.42. The highest BCUT2D eigenvalue weighted by atomic mass is 16.5. The normalized spacial score (nSPS) is 19.6. The largest absolute Gasteiger partial charge is 0.468 e. The van der Waals surface area contributed by atoms with E-state index in [1.807, 2.05) is 35.2 Å². The Morgan fingerprint density at radius 1 is 1.24 bits per heavy atom. The topological polar surface area (TPSA) is 45.9 Å². The molecule has 25 heavy (non-hydrogen) atoms. The number of amides is 1. The van der Waals surface area contributed by atoms with E-state index in [1.165, 1.54) is 5.56 Å². The van der Waals surface area contributed by atoms with Crippen LogP contribution >= 0.6 is 0 Å². The Morgan fingerprint density at radius 3 is 2.96 bits per heavy atom. The van der Waals surface area contributed by atoms with Gasteiger partial charge in [0.15, 0.2) is 0 Å². The number of hydrogen-bond acceptors (Lipinski definition) is 4. The van der Waals surface area contributed by atoms with Crippen molar-refractivity contribution in [3.63, 3.8) is 0 Å². The summed E-state index contributed by atoms with van der Waals surface area (Å²) in [6.45, 7) is 3.38. The summed E-state index contributed by atoms with van der Waals surface area (Å²) in [5.41, 5.74) is 2.31. The van der Waals surface area contributed by atoms with Gasteiger partial charge in [0.25, 0.3) is 0 Å². The lowest BCUT2D eigenvalue weighted by Gasteiger charge is -2.26. The number of para-hydroxylation sites is 1. The van der Waals surface area contributed by atoms with Gasteiger partial charge in [0, 0.05) is 25.4 Å². The van der Waals surface area contributed by atoms with Gasteiger partial charge < -0.3 is 14.1 Å². The quantitative estimate of drug-likeness (QED) is 0.811. The third-order valence-corrected chi connectivity index (χ3v) is 4.99. The molecular formula is C20H24N2O3. The molecule has 5 nitrogen and oxygen atoms in total. The van der Waals surface area contributed by atoms with Gasteiger partial charge in [0.05, 0.1) is 25.5 Å². The van der Waals surface area contributed by atoms with Crippen molar-refractivity contribution >= 4 is 11.6 Å². The number of benzene rings is 1. The number of furan rings is 1. The first-order valence-electron chi connectivity index (χ1n) is 9.04. The van der Waals surface area contributed by atoms with E-state index in [2.05, 4.69) is 11.0 Å². The monoisotopic (exact) mass is 340 g/mol. The van der Waals surface area contributed by atoms with Crippen LogP contribution in [0.3, 0.4) is 0 Å². The van der Waals surface area contributed by atoms with E-state index < -0.39 is 0 Å². The minimum atomic E-state index is 0.148. The lowest BCUT2D eigenvalue weighted by atomic mass is 10.2. The van der Waals surface area contributed by atoms with E-state index in [0.717, 1.165) is 50.4 Å². The summed E-state index contributed by atoms with van der Waals surface area (Å²) in [6.07, 6.45) is 5.00. The third kappa shape index (κ3) is 3.78. The highest BCUT2D eigenvalue weighted by Crippen LogP contribution is 2.27. The molecule has 2 aromatic rings. The third-order valence-electron chi connectivity index (χ3n) is 4.99. The van der Waals surface area contributed by atoms with Crippen LogP contribution in [-0.2, 0) is 22.5 Å². The van der Waals surface area contributed by atoms with E-state index in [9.17, 15) is 4.79 Å². The Bertz CT molecular complexity index is 707. The first-order valence-corrected chi connectivity index (χ1v) is 9.04. The molecule has 0 aliphatic carbocycles. The van der Waals surface area contributed by atoms with Crippen LogP contribution in [0.15, 0.2) is 47.1 Å². The molecule has 1 fully saturated rings. The number of rotatable bonds is 6. The van der Waals surface area contributed by atoms with Crippen molar-refractivity contribution in [3.8, 4) is 0 Å². The highest BCUT2D eigenvalue weighted by molar-refractivity contribution is 5.96. The maximum atomic E-state index is 12.9. The molecular weight excluding hydrogens is 316 g/mol. The number of nitrogens with zero attached hydrogens (tertiary/aromatic N) is 2. The maximum Gasteiger partial charge on any atom is 0.241 e. The van der Waals surface area contributed by atoms with Gasteiger partial charge >= 0.3 is 0 Å². The number of fused-ring (bicyclic) bond motifs is 1. The first-order chi connectivity index (χ1) is 12.3. The summed E-state index contributed by atoms with van der Waals surface area (Å²) < 4.78 is 11.3. The van der Waals surface area contributed by atoms with Gasteiger partial charge in [0.1, 0.15) is 5.76 Å². The number of ether oxygens (including phenoxy) is 1. The molecule has 0 spiro atoms. The zero-order valence-electron chi connectivity index (χ0n) is 14.4. The van der Waals surface area contributed by atoms with Crippen molar-refractivity contribution in [3.05, 3.63) is 54.0 Å². The van der Waals surface area contributed by atoms with Crippen LogP contribution in [0, 0.1) is 0 Å². The molecule has 3 heterocycles. The Hall–Kier alpha value is -2.11. The Morgan fingerprint density at radius 2 is 2.16 bits per heavy atom. The summed E-state index contributed by atoms with van der Waals surface area (Å²) in [5.74, 6) is 1.03. The van der Waals surface area contributed by atoms with E-state index in [0.29, 0.717) is 13.1 Å². The van der Waals surface area contributed by atoms with Crippen LogP contribution in [0.2, 0.25) is 0 Å². The molecule has 2 aliphatic heterocycles. The molecule has 1 unspecified atom stereocenters. The fourth-order valence-electron chi connectivity index (χ4n) is 3.76. The predicted molar refractivity (Wildman–Crippen MR) is 95.5 cm³/mol. The Balaban J connectivity index is 1.44. The van der Waals surface area contributed by atoms with Crippen molar-refractivity contribution in [1.82, 2.24) is 4.90 Å². The molecule has 0 radical (unpaired) electrons. The van der Waals surface area contributed by atoms with Crippen molar-refractivity contribution < 1.29 is 13.9 Å². The molecule has 4 rings (SSSR count). The molecule has 1 aromatic heterocycles. The minimum Gasteiger partial charge on any atom is -0.468 e. The predicted octanol–water partition coefficient (Wildman–Crippen LogP) is 2.85. The smallest absolute Gasteiger partial charge is 0.241 e. The molecule has 1 saturated heterocycles. The lowest BCUT2D eigenvalue weighted by molar-refractivity contribution is -0.120. The van der Waals surface area contributed by atoms with Gasteiger partial charge in [-0.3, -0.25) is 9.69 Å². The molecule has 0 saturated carbocycles. The second-order valence-electron chi connectivity index (χ2n) is 6.81. The van der Waals surface area contributed by atoms with Crippen LogP contribution in [0.1, 0.15) is 24.2 Å². The number of carbonyl (C=O) groups is 1. The fraction of sp³-hybridized carbons (Fsp3) is 0.450. The standard InChI is InChI=1S/C20H24N2O3/c23-20(22-10-9-16-5-1-2-8-19(16)22)15-21(13-17-6-3-11-24-17)14-18-7-4-12-25-18/h1-3,5-6,8,11,18H,4,7,9-10,12-15H2. The molecule has 0 bridgehead atoms. The van der Waals surface area contributed by atoms with Crippen LogP contribution in [0.5, 0.6) is 0 Å². The van der Waals surface area contributed by atoms with Gasteiger partial charge in [-0.1, -0.05) is 18.2 Å². The summed E-state index contributed by atoms with van der Waals surface area (Å²) in [6, 6.07) is 12.0. The Labute approximate surface area is 148 Å². The molecule has 132 valence electrons. The van der Waals surface area contributed by atoms with E-state index in [1.54, 1.807) is 6.26 Å². The summed E-state index contributed by atoms with van der Waals surface area (Å²) in [7, 11) is 0. The van der Waals surface area contributed by atoms with Crippen LogP contribution < -0.4 is 4.90 Å². The zero-order chi connectivity index (χ0) is 17.1. The van der Waals surface area contributed by atoms with E-state index >= 15 is 0 Å². The van der Waals surface area contributed by atoms with Gasteiger partial charge in [-0.2, -0.15) is 0 Å². The maximum absolute atomic E-state index is 12.9. The summed E-state index contributed by atoms with van der Waals surface area (Å²) in [5, 5.41) is 0. The molecule has 0 N–H and O–H groups in total. The fourth-order valence-corrected chi connectivity index (χ4v) is 3.76. The second-order valence-corrected chi connectivity index (χ2v) is 6.81. The molecule has 1 amide bonds. The molecule has 1 aromatic carbocycles. The van der Waals surface area contributed by atoms with Crippen molar-refractivity contribution in [2.24, 2.45) is 0 Å². The average Bonchev–Trinajstić information content (AvgIpc) is 3.36. The molecule has 5 heteroatoms. The van der Waals surface area contributed by atoms with Gasteiger partial charge in [-0.25, -0.2) is 0 Å². The van der Waals surface area contributed by atoms with E-state index in [-0.39, 0.29) is 12.0 Å². The van der Waals surface area contributed by atoms with Crippen molar-refractivity contribution in [2.45, 2.75) is 31.9 Å². The van der Waals surface area contributed by atoms with Gasteiger partial charge in [0.2, 0.25) is 5.91 Å². The van der Waals surface area contributed by atoms with Crippen LogP contribution in [0.4, 0.5) is 5.69 Å². The van der Waals surface area contributed by atoms with Crippen molar-refractivity contribution in [2.75, 3.05) is 31.1 Å². The zero-order valence-corrected chi connectivity index (χ0v) is 14.4. The SMILES string of the molecule is O=C(CN(Cc1ccco1)CC1CCCO1)N1CCc2ccccc21. The lowest BCUT2D eigenvalue weighted by Crippen LogP contribution is -2.42. The van der Waals surface area contributed by atoms with Crippen LogP contribution in [0.25, 0.3) is 0 Å². The van der Waals surface area contributed by atoms with Crippen molar-refractivity contribution in [1.29, 1.82) is 0 Å². The summed E-state index contributed by atoms with van der Waals surface area (Å²) >= 11 is 0. The average molecular weight is 340 g/mol. The Kier molecular flexibility index (Phi) is 4.85. The molecule has 1 atom stereocenters. The van der Waals surface area contributed by atoms with Gasteiger partial charge in [-0.05, 0) is 43.0 Å². The van der Waals surface area contributed by atoms with E-state index in [4.69, 9.17) is 9.15 Å². The highest BCUT2D eigenvalue weighted by Gasteiger charge is 2.27. The number of carbonyl (C=O) groups excluding carboxylic acids is 1. The number of hydrogen-bond donors (Lipinski definition) is 0.